The summed E-state index contributed by atoms with van der Waals surface area (Å²) in [6, 6.07) is 11.5. The minimum Gasteiger partial charge on any atom is -0.395 e. The van der Waals surface area contributed by atoms with E-state index < -0.39 is 23.3 Å². The Bertz CT molecular complexity index is 990. The average Bonchev–Trinajstić information content (AvgIpc) is 3.22. The Morgan fingerprint density at radius 3 is 2.50 bits per heavy atom. The van der Waals surface area contributed by atoms with E-state index >= 15 is 0 Å². The van der Waals surface area contributed by atoms with Gasteiger partial charge in [0.05, 0.1) is 18.1 Å². The maximum absolute atomic E-state index is 13.1. The largest absolute Gasteiger partial charge is 0.395 e. The van der Waals surface area contributed by atoms with Gasteiger partial charge in [0.15, 0.2) is 5.82 Å². The second-order valence-electron chi connectivity index (χ2n) is 7.49. The molecule has 9 heteroatoms. The number of aliphatic hydroxyl groups excluding tert-OH is 1. The minimum absolute atomic E-state index is 0.172. The fourth-order valence-electron chi connectivity index (χ4n) is 2.64. The van der Waals surface area contributed by atoms with E-state index in [9.17, 15) is 14.3 Å². The molecule has 0 aliphatic carbocycles. The summed E-state index contributed by atoms with van der Waals surface area (Å²) in [5.74, 6) is 0.143. The molecule has 0 fully saturated rings. The molecular formula is C21H22ClFN4O3. The lowest BCUT2D eigenvalue weighted by atomic mass is 9.95. The molecule has 158 valence electrons. The number of benzene rings is 2. The van der Waals surface area contributed by atoms with Crippen LogP contribution in [0.2, 0.25) is 5.02 Å². The molecule has 2 aromatic carbocycles. The molecule has 0 saturated heterocycles. The number of urea groups is 1. The van der Waals surface area contributed by atoms with Crippen LogP contribution in [0.5, 0.6) is 0 Å². The van der Waals surface area contributed by atoms with Crippen LogP contribution in [0.4, 0.5) is 14.9 Å². The predicted octanol–water partition coefficient (Wildman–Crippen LogP) is 4.24. The molecule has 1 atom stereocenters. The number of aromatic nitrogens is 2. The third kappa shape index (κ3) is 5.55. The van der Waals surface area contributed by atoms with E-state index in [2.05, 4.69) is 20.8 Å². The molecule has 7 nitrogen and oxygen atoms in total. The van der Waals surface area contributed by atoms with Crippen molar-refractivity contribution < 1.29 is 18.8 Å². The maximum Gasteiger partial charge on any atom is 0.319 e. The van der Waals surface area contributed by atoms with Crippen molar-refractivity contribution >= 4 is 23.3 Å². The van der Waals surface area contributed by atoms with E-state index in [1.165, 1.54) is 24.3 Å². The first-order valence-electron chi connectivity index (χ1n) is 9.29. The lowest BCUT2D eigenvalue weighted by Crippen LogP contribution is -2.34. The summed E-state index contributed by atoms with van der Waals surface area (Å²) in [6.07, 6.45) is 0.381. The van der Waals surface area contributed by atoms with E-state index in [0.29, 0.717) is 17.1 Å². The van der Waals surface area contributed by atoms with Crippen LogP contribution in [0.1, 0.15) is 37.2 Å². The molecule has 1 heterocycles. The van der Waals surface area contributed by atoms with E-state index in [1.807, 2.05) is 12.1 Å². The highest BCUT2D eigenvalue weighted by molar-refractivity contribution is 6.30. The molecule has 0 spiro atoms. The average molecular weight is 433 g/mol. The van der Waals surface area contributed by atoms with Gasteiger partial charge in [0.1, 0.15) is 5.82 Å². The van der Waals surface area contributed by atoms with Crippen molar-refractivity contribution in [3.05, 3.63) is 76.6 Å². The van der Waals surface area contributed by atoms with Gasteiger partial charge < -0.3 is 20.3 Å². The van der Waals surface area contributed by atoms with Crippen molar-refractivity contribution in [3.63, 3.8) is 0 Å². The summed E-state index contributed by atoms with van der Waals surface area (Å²) < 4.78 is 18.4. The summed E-state index contributed by atoms with van der Waals surface area (Å²) in [4.78, 5) is 16.9. The normalized spacial score (nSPS) is 12.4. The SMILES string of the molecule is CC(C)(CO)c1nc([C@H](Cc2ccc(Cl)cc2)NC(=O)Nc2ccc(F)cc2)no1. The van der Waals surface area contributed by atoms with Crippen LogP contribution >= 0.6 is 11.6 Å². The molecule has 0 unspecified atom stereocenters. The standard InChI is InChI=1S/C21H22ClFN4O3/c1-21(2,12-28)19-26-18(27-30-19)17(11-13-3-5-14(22)6-4-13)25-20(29)24-16-9-7-15(23)8-10-16/h3-10,17,28H,11-12H2,1-2H3,(H2,24,25,29)/t17-/m0/s1. The number of carbonyl (C=O) groups is 1. The second kappa shape index (κ2) is 9.23. The van der Waals surface area contributed by atoms with Crippen molar-refractivity contribution in [2.45, 2.75) is 31.7 Å². The molecule has 3 rings (SSSR count). The number of nitrogens with zero attached hydrogens (tertiary/aromatic N) is 2. The van der Waals surface area contributed by atoms with Crippen LogP contribution in [0.25, 0.3) is 0 Å². The third-order valence-corrected chi connectivity index (χ3v) is 4.74. The number of nitrogens with one attached hydrogen (secondary N) is 2. The number of carbonyl (C=O) groups excluding carboxylic acids is 1. The van der Waals surface area contributed by atoms with Crippen LogP contribution in [0.3, 0.4) is 0 Å². The zero-order valence-electron chi connectivity index (χ0n) is 16.5. The Kier molecular flexibility index (Phi) is 6.69. The first kappa shape index (κ1) is 21.7. The number of hydrogen-bond donors (Lipinski definition) is 3. The van der Waals surface area contributed by atoms with E-state index in [4.69, 9.17) is 16.1 Å². The predicted molar refractivity (Wildman–Crippen MR) is 111 cm³/mol. The Morgan fingerprint density at radius 1 is 1.20 bits per heavy atom. The van der Waals surface area contributed by atoms with Gasteiger partial charge in [-0.15, -0.1) is 0 Å². The monoisotopic (exact) mass is 432 g/mol. The van der Waals surface area contributed by atoms with Gasteiger partial charge in [0.25, 0.3) is 0 Å². The van der Waals surface area contributed by atoms with Gasteiger partial charge >= 0.3 is 6.03 Å². The minimum atomic E-state index is -0.716. The Balaban J connectivity index is 1.80. The van der Waals surface area contributed by atoms with Crippen LogP contribution in [0.15, 0.2) is 53.1 Å². The zero-order valence-corrected chi connectivity index (χ0v) is 17.3. The van der Waals surface area contributed by atoms with E-state index in [-0.39, 0.29) is 18.3 Å². The van der Waals surface area contributed by atoms with Crippen LogP contribution in [-0.2, 0) is 11.8 Å². The van der Waals surface area contributed by atoms with E-state index in [0.717, 1.165) is 5.56 Å². The van der Waals surface area contributed by atoms with Gasteiger partial charge in [-0.25, -0.2) is 9.18 Å². The summed E-state index contributed by atoms with van der Waals surface area (Å²) in [5.41, 5.74) is 0.625. The van der Waals surface area contributed by atoms with Gasteiger partial charge in [-0.05, 0) is 55.8 Å². The quantitative estimate of drug-likeness (QED) is 0.518. The van der Waals surface area contributed by atoms with Crippen molar-refractivity contribution in [3.8, 4) is 0 Å². The molecule has 30 heavy (non-hydrogen) atoms. The number of anilines is 1. The summed E-state index contributed by atoms with van der Waals surface area (Å²) in [5, 5.41) is 19.6. The molecule has 0 radical (unpaired) electrons. The molecule has 3 N–H and O–H groups in total. The molecule has 1 aromatic heterocycles. The van der Waals surface area contributed by atoms with Gasteiger partial charge in [-0.2, -0.15) is 4.98 Å². The molecule has 3 aromatic rings. The number of amides is 2. The van der Waals surface area contributed by atoms with Crippen LogP contribution < -0.4 is 10.6 Å². The lowest BCUT2D eigenvalue weighted by molar-refractivity contribution is 0.182. The number of aliphatic hydroxyl groups is 1. The van der Waals surface area contributed by atoms with Crippen molar-refractivity contribution in [2.75, 3.05) is 11.9 Å². The number of halogens is 2. The highest BCUT2D eigenvalue weighted by Gasteiger charge is 2.29. The first-order chi connectivity index (χ1) is 14.3. The molecule has 0 saturated carbocycles. The molecule has 0 bridgehead atoms. The fourth-order valence-corrected chi connectivity index (χ4v) is 2.77. The molecular weight excluding hydrogens is 411 g/mol. The van der Waals surface area contributed by atoms with Crippen molar-refractivity contribution in [1.82, 2.24) is 15.5 Å². The smallest absolute Gasteiger partial charge is 0.319 e. The summed E-state index contributed by atoms with van der Waals surface area (Å²) in [7, 11) is 0. The van der Waals surface area contributed by atoms with Crippen LogP contribution in [-0.4, -0.2) is 27.9 Å². The molecule has 0 aliphatic heterocycles. The molecule has 0 aliphatic rings. The van der Waals surface area contributed by atoms with Gasteiger partial charge in [-0.1, -0.05) is 28.9 Å². The van der Waals surface area contributed by atoms with Crippen molar-refractivity contribution in [1.29, 1.82) is 0 Å². The Morgan fingerprint density at radius 2 is 1.87 bits per heavy atom. The van der Waals surface area contributed by atoms with E-state index in [1.54, 1.807) is 26.0 Å². The Hall–Kier alpha value is -2.97. The summed E-state index contributed by atoms with van der Waals surface area (Å²) in [6.45, 7) is 3.37. The summed E-state index contributed by atoms with van der Waals surface area (Å²) >= 11 is 5.95. The number of rotatable bonds is 7. The Labute approximate surface area is 178 Å². The van der Waals surface area contributed by atoms with Crippen molar-refractivity contribution in [2.24, 2.45) is 0 Å². The highest BCUT2D eigenvalue weighted by atomic mass is 35.5. The topological polar surface area (TPSA) is 100 Å². The lowest BCUT2D eigenvalue weighted by Gasteiger charge is -2.17. The van der Waals surface area contributed by atoms with Gasteiger partial charge in [0.2, 0.25) is 5.89 Å². The fraction of sp³-hybridized carbons (Fsp3) is 0.286. The maximum atomic E-state index is 13.1. The second-order valence-corrected chi connectivity index (χ2v) is 7.92. The van der Waals surface area contributed by atoms with Crippen LogP contribution in [0, 0.1) is 5.82 Å². The van der Waals surface area contributed by atoms with Gasteiger partial charge in [-0.3, -0.25) is 0 Å². The van der Waals surface area contributed by atoms with Gasteiger partial charge in [0, 0.05) is 17.1 Å². The third-order valence-electron chi connectivity index (χ3n) is 4.49. The molecule has 2 amide bonds. The number of hydrogen-bond acceptors (Lipinski definition) is 5. The first-order valence-corrected chi connectivity index (χ1v) is 9.67. The zero-order chi connectivity index (χ0) is 21.7. The highest BCUT2D eigenvalue weighted by Crippen LogP contribution is 2.24.